The average molecular weight is 528 g/mol. The molecule has 0 bridgehead atoms. The average Bonchev–Trinajstić information content (AvgIpc) is 3.19. The number of fused-ring (bicyclic) bond motifs is 1. The molecule has 0 atom stereocenters. The highest BCUT2D eigenvalue weighted by Gasteiger charge is 2.22. The first-order valence-electron chi connectivity index (χ1n) is 11.4. The summed E-state index contributed by atoms with van der Waals surface area (Å²) >= 11 is 0. The fourth-order valence-electron chi connectivity index (χ4n) is 4.37. The molecule has 1 aliphatic rings. The lowest BCUT2D eigenvalue weighted by Gasteiger charge is -2.29. The van der Waals surface area contributed by atoms with Crippen molar-refractivity contribution in [2.24, 2.45) is 0 Å². The molecule has 0 saturated carbocycles. The van der Waals surface area contributed by atoms with E-state index in [1.54, 1.807) is 6.92 Å². The molecular weight excluding hydrogens is 504 g/mol. The zero-order valence-corrected chi connectivity index (χ0v) is 20.8. The first-order valence-corrected chi connectivity index (χ1v) is 13.3. The zero-order valence-electron chi connectivity index (χ0n) is 20.0. The minimum absolute atomic E-state index is 0.0670. The number of hydrogen-bond donors (Lipinski definition) is 1. The van der Waals surface area contributed by atoms with Crippen molar-refractivity contribution in [1.29, 1.82) is 0 Å². The third-order valence-electron chi connectivity index (χ3n) is 5.97. The quantitative estimate of drug-likeness (QED) is 0.425. The molecule has 1 saturated heterocycles. The molecule has 1 N–H and O–H groups in total. The number of nitrogens with zero attached hydrogens (tertiary/aromatic N) is 4. The molecule has 0 unspecified atom stereocenters. The summed E-state index contributed by atoms with van der Waals surface area (Å²) in [4.78, 5) is 19.3. The molecule has 0 aliphatic carbocycles. The number of benzene rings is 2. The smallest absolute Gasteiger partial charge is 0.283 e. The monoisotopic (exact) mass is 527 g/mol. The van der Waals surface area contributed by atoms with Crippen molar-refractivity contribution in [1.82, 2.24) is 19.5 Å². The van der Waals surface area contributed by atoms with E-state index in [4.69, 9.17) is 4.74 Å². The van der Waals surface area contributed by atoms with Crippen molar-refractivity contribution in [3.05, 3.63) is 71.6 Å². The van der Waals surface area contributed by atoms with Gasteiger partial charge in [0, 0.05) is 24.8 Å². The predicted molar refractivity (Wildman–Crippen MR) is 134 cm³/mol. The molecule has 4 aromatic rings. The summed E-state index contributed by atoms with van der Waals surface area (Å²) in [5, 5.41) is 5.00. The number of ether oxygens (including phenoxy) is 1. The van der Waals surface area contributed by atoms with Gasteiger partial charge in [0.2, 0.25) is 10.0 Å². The van der Waals surface area contributed by atoms with Crippen LogP contribution in [0.5, 0.6) is 0 Å². The molecule has 3 heterocycles. The number of aryl methyl sites for hydroxylation is 1. The zero-order chi connectivity index (χ0) is 26.3. The summed E-state index contributed by atoms with van der Waals surface area (Å²) in [6.45, 7) is 4.54. The maximum atomic E-state index is 14.0. The largest absolute Gasteiger partial charge is 0.378 e. The Hall–Kier alpha value is -3.90. The summed E-state index contributed by atoms with van der Waals surface area (Å²) in [6, 6.07) is 12.1. The predicted octanol–water partition coefficient (Wildman–Crippen LogP) is 3.20. The van der Waals surface area contributed by atoms with Crippen LogP contribution in [0.4, 0.5) is 14.5 Å². The lowest BCUT2D eigenvalue weighted by molar-refractivity contribution is 0.0977. The van der Waals surface area contributed by atoms with Gasteiger partial charge in [-0.1, -0.05) is 12.1 Å². The van der Waals surface area contributed by atoms with Crippen LogP contribution in [0.15, 0.2) is 48.5 Å². The minimum Gasteiger partial charge on any atom is -0.378 e. The van der Waals surface area contributed by atoms with Crippen molar-refractivity contribution >= 4 is 32.7 Å². The Kier molecular flexibility index (Phi) is 6.38. The number of aromatic nitrogens is 3. The van der Waals surface area contributed by atoms with Crippen LogP contribution in [0.1, 0.15) is 16.2 Å². The highest BCUT2D eigenvalue weighted by Crippen LogP contribution is 2.33. The van der Waals surface area contributed by atoms with Gasteiger partial charge in [0.25, 0.3) is 5.91 Å². The van der Waals surface area contributed by atoms with Crippen LogP contribution >= 0.6 is 0 Å². The van der Waals surface area contributed by atoms with Gasteiger partial charge in [-0.2, -0.15) is 5.10 Å². The van der Waals surface area contributed by atoms with Crippen LogP contribution in [0.2, 0.25) is 0 Å². The van der Waals surface area contributed by atoms with Crippen molar-refractivity contribution < 1.29 is 26.7 Å². The van der Waals surface area contributed by atoms with E-state index >= 15 is 0 Å². The number of carbonyl (C=O) groups is 1. The lowest BCUT2D eigenvalue weighted by Crippen LogP contribution is -2.36. The molecule has 0 spiro atoms. The van der Waals surface area contributed by atoms with E-state index < -0.39 is 27.6 Å². The van der Waals surface area contributed by atoms with Gasteiger partial charge in [0.05, 0.1) is 36.2 Å². The standard InChI is InChI=1S/C25H23F2N5O4S/c1-15-23-21(16-3-5-19(6-4-16)31-7-9-36-10-8-31)14-22(25(33)30-37(2,34)35)28-24(23)32(29-15)20-12-17(26)11-18(27)13-20/h3-6,11-14H,7-10H2,1-2H3,(H,30,33). The highest BCUT2D eigenvalue weighted by atomic mass is 32.2. The first-order chi connectivity index (χ1) is 17.6. The number of amides is 1. The van der Waals surface area contributed by atoms with E-state index in [0.29, 0.717) is 29.9 Å². The molecule has 2 aromatic carbocycles. The van der Waals surface area contributed by atoms with E-state index in [1.165, 1.54) is 10.7 Å². The maximum absolute atomic E-state index is 14.0. The van der Waals surface area contributed by atoms with Gasteiger partial charge < -0.3 is 9.64 Å². The topological polar surface area (TPSA) is 106 Å². The van der Waals surface area contributed by atoms with Crippen molar-refractivity contribution in [2.75, 3.05) is 37.5 Å². The SMILES string of the molecule is Cc1nn(-c2cc(F)cc(F)c2)c2nc(C(=O)NS(C)(=O)=O)cc(-c3ccc(N4CCOCC4)cc3)c12. The van der Waals surface area contributed by atoms with Crippen LogP contribution in [0.3, 0.4) is 0 Å². The number of carbonyl (C=O) groups excluding carboxylic acids is 1. The molecule has 12 heteroatoms. The third-order valence-corrected chi connectivity index (χ3v) is 6.53. The lowest BCUT2D eigenvalue weighted by atomic mass is 10.0. The molecule has 9 nitrogen and oxygen atoms in total. The Balaban J connectivity index is 1.69. The van der Waals surface area contributed by atoms with Gasteiger partial charge in [-0.3, -0.25) is 4.79 Å². The fourth-order valence-corrected chi connectivity index (χ4v) is 4.81. The third kappa shape index (κ3) is 5.16. The summed E-state index contributed by atoms with van der Waals surface area (Å²) in [6.07, 6.45) is 0.860. The number of rotatable bonds is 5. The molecular formula is C25H23F2N5O4S. The van der Waals surface area contributed by atoms with Crippen LogP contribution in [0.25, 0.3) is 27.8 Å². The molecule has 2 aromatic heterocycles. The Bertz CT molecular complexity index is 1590. The maximum Gasteiger partial charge on any atom is 0.283 e. The van der Waals surface area contributed by atoms with E-state index in [9.17, 15) is 22.0 Å². The van der Waals surface area contributed by atoms with Gasteiger partial charge in [-0.15, -0.1) is 0 Å². The second kappa shape index (κ2) is 9.52. The number of nitrogens with one attached hydrogen (secondary N) is 1. The number of sulfonamides is 1. The van der Waals surface area contributed by atoms with Crippen molar-refractivity contribution in [3.63, 3.8) is 0 Å². The number of halogens is 2. The van der Waals surface area contributed by atoms with Gasteiger partial charge in [-0.25, -0.2) is 31.6 Å². The van der Waals surface area contributed by atoms with Crippen LogP contribution in [-0.2, 0) is 14.8 Å². The summed E-state index contributed by atoms with van der Waals surface area (Å²) in [5.41, 5.74) is 2.84. The first kappa shape index (κ1) is 24.8. The van der Waals surface area contributed by atoms with E-state index in [2.05, 4.69) is 15.0 Å². The van der Waals surface area contributed by atoms with E-state index in [0.717, 1.165) is 48.8 Å². The molecule has 1 aliphatic heterocycles. The summed E-state index contributed by atoms with van der Waals surface area (Å²) in [7, 11) is -3.87. The van der Waals surface area contributed by atoms with Gasteiger partial charge in [0.15, 0.2) is 5.65 Å². The minimum atomic E-state index is -3.87. The number of anilines is 1. The fraction of sp³-hybridized carbons (Fsp3) is 0.240. The number of hydrogen-bond acceptors (Lipinski definition) is 7. The van der Waals surface area contributed by atoms with Gasteiger partial charge in [0.1, 0.15) is 17.3 Å². The molecule has 0 radical (unpaired) electrons. The number of morpholine rings is 1. The molecule has 37 heavy (non-hydrogen) atoms. The second-order valence-electron chi connectivity index (χ2n) is 8.73. The van der Waals surface area contributed by atoms with Crippen molar-refractivity contribution in [3.8, 4) is 16.8 Å². The Morgan fingerprint density at radius 2 is 1.65 bits per heavy atom. The van der Waals surface area contributed by atoms with Gasteiger partial charge in [-0.05, 0) is 48.4 Å². The Morgan fingerprint density at radius 1 is 1.00 bits per heavy atom. The molecule has 1 fully saturated rings. The summed E-state index contributed by atoms with van der Waals surface area (Å²) in [5.74, 6) is -2.55. The van der Waals surface area contributed by atoms with Crippen LogP contribution < -0.4 is 9.62 Å². The van der Waals surface area contributed by atoms with E-state index in [1.807, 2.05) is 29.0 Å². The Labute approximate surface area is 211 Å². The Morgan fingerprint density at radius 3 is 2.27 bits per heavy atom. The van der Waals surface area contributed by atoms with Crippen LogP contribution in [0, 0.1) is 18.6 Å². The molecule has 192 valence electrons. The molecule has 1 amide bonds. The highest BCUT2D eigenvalue weighted by molar-refractivity contribution is 7.89. The van der Waals surface area contributed by atoms with Crippen molar-refractivity contribution in [2.45, 2.75) is 6.92 Å². The number of pyridine rings is 1. The summed E-state index contributed by atoms with van der Waals surface area (Å²) < 4.78 is 60.0. The second-order valence-corrected chi connectivity index (χ2v) is 10.5. The van der Waals surface area contributed by atoms with E-state index in [-0.39, 0.29) is 17.0 Å². The normalized spacial score (nSPS) is 14.2. The van der Waals surface area contributed by atoms with Gasteiger partial charge >= 0.3 is 0 Å². The van der Waals surface area contributed by atoms with Crippen LogP contribution in [-0.4, -0.2) is 61.6 Å². The molecule has 5 rings (SSSR count).